The number of nitrogens with zero attached hydrogens (tertiary/aromatic N) is 2. The quantitative estimate of drug-likeness (QED) is 0.583. The Labute approximate surface area is 159 Å². The van der Waals surface area contributed by atoms with Crippen LogP contribution in [0.15, 0.2) is 29.3 Å². The molecule has 1 aliphatic heterocycles. The van der Waals surface area contributed by atoms with Crippen LogP contribution in [-0.4, -0.2) is 55.9 Å². The van der Waals surface area contributed by atoms with Crippen molar-refractivity contribution in [1.82, 2.24) is 15.5 Å². The Kier molecular flexibility index (Phi) is 7.91. The minimum atomic E-state index is -4.17. The molecule has 0 amide bonds. The number of morpholine rings is 1. The zero-order valence-electron chi connectivity index (χ0n) is 16.1. The molecular formula is C19H29F3N4O. The number of halogens is 3. The van der Waals surface area contributed by atoms with Crippen LogP contribution in [0.1, 0.15) is 31.4 Å². The average Bonchev–Trinajstić information content (AvgIpc) is 2.57. The average molecular weight is 386 g/mol. The molecule has 0 saturated carbocycles. The van der Waals surface area contributed by atoms with Crippen molar-refractivity contribution in [3.05, 3.63) is 35.4 Å². The van der Waals surface area contributed by atoms with Gasteiger partial charge in [-0.25, -0.2) is 0 Å². The minimum absolute atomic E-state index is 0.196. The van der Waals surface area contributed by atoms with Crippen molar-refractivity contribution in [3.63, 3.8) is 0 Å². The molecule has 0 aliphatic carbocycles. The standard InChI is InChI=1S/C19H29F3N4O/c1-14-11-26(12-15(2)27-14)13-17-6-4-16(5-7-17)10-25-18(23-3)24-9-8-19(20,21)22/h4-7,14-15H,8-13H2,1-3H3,(H2,23,24,25). The Bertz CT molecular complexity index is 594. The molecule has 1 heterocycles. The van der Waals surface area contributed by atoms with Crippen LogP contribution in [0.25, 0.3) is 0 Å². The van der Waals surface area contributed by atoms with Crippen LogP contribution in [0.5, 0.6) is 0 Å². The first-order chi connectivity index (χ1) is 12.7. The lowest BCUT2D eigenvalue weighted by Gasteiger charge is -2.35. The monoisotopic (exact) mass is 386 g/mol. The highest BCUT2D eigenvalue weighted by molar-refractivity contribution is 5.79. The lowest BCUT2D eigenvalue weighted by Crippen LogP contribution is -2.44. The van der Waals surface area contributed by atoms with Gasteiger partial charge in [-0.05, 0) is 25.0 Å². The van der Waals surface area contributed by atoms with E-state index in [1.54, 1.807) is 0 Å². The van der Waals surface area contributed by atoms with Gasteiger partial charge in [0.2, 0.25) is 0 Å². The maximum absolute atomic E-state index is 12.2. The topological polar surface area (TPSA) is 48.9 Å². The number of guanidine groups is 1. The summed E-state index contributed by atoms with van der Waals surface area (Å²) in [6.07, 6.45) is -4.57. The summed E-state index contributed by atoms with van der Waals surface area (Å²) in [5, 5.41) is 5.70. The maximum Gasteiger partial charge on any atom is 0.390 e. The SMILES string of the molecule is CN=C(NCCC(F)(F)F)NCc1ccc(CN2CC(C)OC(C)C2)cc1. The first-order valence-electron chi connectivity index (χ1n) is 9.22. The molecule has 1 aromatic carbocycles. The summed E-state index contributed by atoms with van der Waals surface area (Å²) in [5.74, 6) is 0.361. The van der Waals surface area contributed by atoms with E-state index in [9.17, 15) is 13.2 Å². The lowest BCUT2D eigenvalue weighted by atomic mass is 10.1. The fourth-order valence-electron chi connectivity index (χ4n) is 3.16. The molecule has 1 aliphatic rings. The highest BCUT2D eigenvalue weighted by Gasteiger charge is 2.26. The van der Waals surface area contributed by atoms with Gasteiger partial charge in [0.15, 0.2) is 5.96 Å². The zero-order chi connectivity index (χ0) is 19.9. The van der Waals surface area contributed by atoms with Gasteiger partial charge < -0.3 is 15.4 Å². The Morgan fingerprint density at radius 3 is 2.26 bits per heavy atom. The fourth-order valence-corrected chi connectivity index (χ4v) is 3.16. The molecule has 0 aromatic heterocycles. The van der Waals surface area contributed by atoms with Crippen LogP contribution >= 0.6 is 0 Å². The summed E-state index contributed by atoms with van der Waals surface area (Å²) >= 11 is 0. The van der Waals surface area contributed by atoms with Crippen molar-refractivity contribution >= 4 is 5.96 Å². The van der Waals surface area contributed by atoms with E-state index in [0.717, 1.165) is 25.2 Å². The van der Waals surface area contributed by atoms with E-state index >= 15 is 0 Å². The molecule has 1 fully saturated rings. The number of aliphatic imine (C=N–C) groups is 1. The van der Waals surface area contributed by atoms with Crippen molar-refractivity contribution in [1.29, 1.82) is 0 Å². The van der Waals surface area contributed by atoms with Crippen molar-refractivity contribution in [3.8, 4) is 0 Å². The van der Waals surface area contributed by atoms with Gasteiger partial charge in [-0.3, -0.25) is 9.89 Å². The van der Waals surface area contributed by atoms with Crippen molar-refractivity contribution in [2.45, 2.75) is 51.7 Å². The van der Waals surface area contributed by atoms with Gasteiger partial charge in [0, 0.05) is 39.8 Å². The molecule has 2 atom stereocenters. The lowest BCUT2D eigenvalue weighted by molar-refractivity contribution is -0.132. The Morgan fingerprint density at radius 1 is 1.11 bits per heavy atom. The van der Waals surface area contributed by atoms with E-state index < -0.39 is 12.6 Å². The van der Waals surface area contributed by atoms with Gasteiger partial charge in [0.25, 0.3) is 0 Å². The van der Waals surface area contributed by atoms with Crippen LogP contribution in [0, 0.1) is 0 Å². The smallest absolute Gasteiger partial charge is 0.373 e. The molecule has 1 saturated heterocycles. The fraction of sp³-hybridized carbons (Fsp3) is 0.632. The molecule has 1 aromatic rings. The van der Waals surface area contributed by atoms with Gasteiger partial charge in [-0.1, -0.05) is 24.3 Å². The van der Waals surface area contributed by atoms with Gasteiger partial charge >= 0.3 is 6.18 Å². The number of rotatable bonds is 6. The summed E-state index contributed by atoms with van der Waals surface area (Å²) in [6, 6.07) is 8.22. The van der Waals surface area contributed by atoms with Crippen molar-refractivity contribution in [2.24, 2.45) is 4.99 Å². The van der Waals surface area contributed by atoms with Crippen LogP contribution in [0.4, 0.5) is 13.2 Å². The molecule has 8 heteroatoms. The van der Waals surface area contributed by atoms with Crippen molar-refractivity contribution in [2.75, 3.05) is 26.7 Å². The molecule has 2 unspecified atom stereocenters. The Balaban J connectivity index is 1.77. The second-order valence-electron chi connectivity index (χ2n) is 6.99. The highest BCUT2D eigenvalue weighted by atomic mass is 19.4. The molecule has 0 spiro atoms. The number of hydrogen-bond acceptors (Lipinski definition) is 3. The second kappa shape index (κ2) is 9.94. The molecule has 0 radical (unpaired) electrons. The highest BCUT2D eigenvalue weighted by Crippen LogP contribution is 2.18. The molecule has 5 nitrogen and oxygen atoms in total. The van der Waals surface area contributed by atoms with Crippen LogP contribution in [-0.2, 0) is 17.8 Å². The van der Waals surface area contributed by atoms with Gasteiger partial charge in [-0.15, -0.1) is 0 Å². The first-order valence-corrected chi connectivity index (χ1v) is 9.22. The number of hydrogen-bond donors (Lipinski definition) is 2. The van der Waals surface area contributed by atoms with E-state index in [0.29, 0.717) is 12.5 Å². The van der Waals surface area contributed by atoms with Gasteiger partial charge in [-0.2, -0.15) is 13.2 Å². The Morgan fingerprint density at radius 2 is 1.70 bits per heavy atom. The third-order valence-corrected chi connectivity index (χ3v) is 4.31. The number of nitrogens with one attached hydrogen (secondary N) is 2. The van der Waals surface area contributed by atoms with Crippen LogP contribution in [0.3, 0.4) is 0 Å². The van der Waals surface area contributed by atoms with Crippen LogP contribution < -0.4 is 10.6 Å². The van der Waals surface area contributed by atoms with E-state index in [-0.39, 0.29) is 18.8 Å². The van der Waals surface area contributed by atoms with Crippen LogP contribution in [0.2, 0.25) is 0 Å². The molecule has 27 heavy (non-hydrogen) atoms. The van der Waals surface area contributed by atoms with Gasteiger partial charge in [0.05, 0.1) is 18.6 Å². The predicted octanol–water partition coefficient (Wildman–Crippen LogP) is 2.91. The van der Waals surface area contributed by atoms with E-state index in [1.807, 2.05) is 12.1 Å². The third-order valence-electron chi connectivity index (χ3n) is 4.31. The van der Waals surface area contributed by atoms with Crippen molar-refractivity contribution < 1.29 is 17.9 Å². The summed E-state index contributed by atoms with van der Waals surface area (Å²) in [5.41, 5.74) is 2.27. The zero-order valence-corrected chi connectivity index (χ0v) is 16.1. The number of benzene rings is 1. The maximum atomic E-state index is 12.2. The van der Waals surface area contributed by atoms with Gasteiger partial charge in [0.1, 0.15) is 0 Å². The molecule has 152 valence electrons. The Hall–Kier alpha value is -1.80. The number of alkyl halides is 3. The summed E-state index contributed by atoms with van der Waals surface area (Å²) < 4.78 is 42.4. The predicted molar refractivity (Wildman–Crippen MR) is 101 cm³/mol. The first kappa shape index (κ1) is 21.5. The number of ether oxygens (including phenoxy) is 1. The minimum Gasteiger partial charge on any atom is -0.373 e. The summed E-state index contributed by atoms with van der Waals surface area (Å²) in [7, 11) is 1.54. The molecular weight excluding hydrogens is 357 g/mol. The molecule has 2 rings (SSSR count). The largest absolute Gasteiger partial charge is 0.390 e. The van der Waals surface area contributed by atoms with E-state index in [4.69, 9.17) is 4.74 Å². The summed E-state index contributed by atoms with van der Waals surface area (Å²) in [6.45, 7) is 7.21. The normalized spacial score (nSPS) is 21.9. The second-order valence-corrected chi connectivity index (χ2v) is 6.99. The third kappa shape index (κ3) is 8.17. The van der Waals surface area contributed by atoms with E-state index in [1.165, 1.54) is 12.6 Å². The summed E-state index contributed by atoms with van der Waals surface area (Å²) in [4.78, 5) is 6.33. The molecule has 0 bridgehead atoms. The van der Waals surface area contributed by atoms with E-state index in [2.05, 4.69) is 46.5 Å². The molecule has 2 N–H and O–H groups in total.